The first-order valence-electron chi connectivity index (χ1n) is 5.12. The molecule has 1 aromatic rings. The van der Waals surface area contributed by atoms with E-state index in [-0.39, 0.29) is 4.90 Å². The van der Waals surface area contributed by atoms with E-state index in [1.165, 1.54) is 18.8 Å². The predicted octanol–water partition coefficient (Wildman–Crippen LogP) is 2.47. The monoisotopic (exact) mass is 348 g/mol. The molecule has 0 saturated carbocycles. The maximum atomic E-state index is 12.3. The van der Waals surface area contributed by atoms with Crippen LogP contribution in [0.4, 0.5) is 22.4 Å². The van der Waals surface area contributed by atoms with Crippen LogP contribution in [-0.4, -0.2) is 33.0 Å². The van der Waals surface area contributed by atoms with Gasteiger partial charge in [-0.3, -0.25) is 4.72 Å². The molecular formula is C10H12F4N2O3S2. The molecule has 0 bridgehead atoms. The average molecular weight is 348 g/mol. The van der Waals surface area contributed by atoms with Crippen molar-refractivity contribution in [3.63, 3.8) is 0 Å². The molecule has 0 heterocycles. The highest BCUT2D eigenvalue weighted by Gasteiger charge is 2.31. The van der Waals surface area contributed by atoms with E-state index in [1.807, 2.05) is 0 Å². The molecule has 0 aliphatic heterocycles. The Morgan fingerprint density at radius 3 is 2.10 bits per heavy atom. The molecule has 0 radical (unpaired) electrons. The van der Waals surface area contributed by atoms with Gasteiger partial charge in [-0.15, -0.1) is 4.39 Å². The third-order valence-electron chi connectivity index (χ3n) is 2.03. The SMILES string of the molecule is CN(C)S(=O)(=O)c1cccc(C(F)(F)F)c1.O=C(F)NS. The van der Waals surface area contributed by atoms with Crippen LogP contribution in [0.1, 0.15) is 5.56 Å². The fourth-order valence-electron chi connectivity index (χ4n) is 1.04. The summed E-state index contributed by atoms with van der Waals surface area (Å²) < 4.78 is 73.1. The lowest BCUT2D eigenvalue weighted by Gasteiger charge is -2.13. The fourth-order valence-corrected chi connectivity index (χ4v) is 1.99. The molecule has 1 N–H and O–H groups in total. The van der Waals surface area contributed by atoms with Gasteiger partial charge < -0.3 is 0 Å². The normalized spacial score (nSPS) is 11.6. The van der Waals surface area contributed by atoms with Gasteiger partial charge in [-0.1, -0.05) is 18.9 Å². The molecule has 11 heteroatoms. The van der Waals surface area contributed by atoms with Crippen molar-refractivity contribution in [1.82, 2.24) is 9.03 Å². The van der Waals surface area contributed by atoms with E-state index >= 15 is 0 Å². The Balaban J connectivity index is 0.000000690. The van der Waals surface area contributed by atoms with Crippen LogP contribution in [0.3, 0.4) is 0 Å². The number of hydrogen-bond acceptors (Lipinski definition) is 4. The van der Waals surface area contributed by atoms with Crippen LogP contribution in [0.15, 0.2) is 29.2 Å². The highest BCUT2D eigenvalue weighted by Crippen LogP contribution is 2.30. The van der Waals surface area contributed by atoms with Crippen LogP contribution in [0.25, 0.3) is 0 Å². The predicted molar refractivity (Wildman–Crippen MR) is 70.9 cm³/mol. The molecule has 120 valence electrons. The fraction of sp³-hybridized carbons (Fsp3) is 0.300. The van der Waals surface area contributed by atoms with Gasteiger partial charge in [0.1, 0.15) is 0 Å². The Morgan fingerprint density at radius 1 is 1.29 bits per heavy atom. The number of nitrogens with zero attached hydrogens (tertiary/aromatic N) is 1. The minimum Gasteiger partial charge on any atom is -0.274 e. The summed E-state index contributed by atoms with van der Waals surface area (Å²) in [5, 5.41) is 0. The largest absolute Gasteiger partial charge is 0.416 e. The smallest absolute Gasteiger partial charge is 0.274 e. The number of rotatable bonds is 2. The number of sulfonamides is 1. The van der Waals surface area contributed by atoms with Crippen molar-refractivity contribution in [2.45, 2.75) is 11.1 Å². The summed E-state index contributed by atoms with van der Waals surface area (Å²) >= 11 is 3.04. The van der Waals surface area contributed by atoms with E-state index in [0.717, 1.165) is 22.5 Å². The van der Waals surface area contributed by atoms with Gasteiger partial charge in [0, 0.05) is 14.1 Å². The van der Waals surface area contributed by atoms with Crippen molar-refractivity contribution >= 4 is 29.0 Å². The maximum absolute atomic E-state index is 12.3. The van der Waals surface area contributed by atoms with Crippen molar-refractivity contribution < 1.29 is 30.8 Å². The zero-order chi connectivity index (χ0) is 16.8. The molecule has 5 nitrogen and oxygen atoms in total. The van der Waals surface area contributed by atoms with Crippen molar-refractivity contribution in [2.24, 2.45) is 0 Å². The van der Waals surface area contributed by atoms with Crippen molar-refractivity contribution in [3.05, 3.63) is 29.8 Å². The van der Waals surface area contributed by atoms with Gasteiger partial charge in [0.25, 0.3) is 0 Å². The Labute approximate surface area is 124 Å². The van der Waals surface area contributed by atoms with Gasteiger partial charge >= 0.3 is 12.3 Å². The third kappa shape index (κ3) is 6.31. The molecule has 0 spiro atoms. The second-order valence-electron chi connectivity index (χ2n) is 3.70. The van der Waals surface area contributed by atoms with E-state index in [2.05, 4.69) is 12.8 Å². The highest BCUT2D eigenvalue weighted by atomic mass is 32.2. The summed E-state index contributed by atoms with van der Waals surface area (Å²) in [6, 6.07) is 3.65. The molecule has 0 saturated heterocycles. The highest BCUT2D eigenvalue weighted by molar-refractivity contribution is 7.89. The first kappa shape index (κ1) is 19.7. The lowest BCUT2D eigenvalue weighted by molar-refractivity contribution is -0.137. The summed E-state index contributed by atoms with van der Waals surface area (Å²) in [4.78, 5) is 8.59. The number of amides is 1. The number of halogens is 4. The van der Waals surface area contributed by atoms with E-state index in [4.69, 9.17) is 4.79 Å². The number of nitrogens with one attached hydrogen (secondary N) is 1. The topological polar surface area (TPSA) is 66.5 Å². The first-order chi connectivity index (χ1) is 9.42. The minimum absolute atomic E-state index is 0.368. The number of carbonyl (C=O) groups is 1. The van der Waals surface area contributed by atoms with Gasteiger partial charge in [0.2, 0.25) is 10.0 Å². The number of benzene rings is 1. The van der Waals surface area contributed by atoms with E-state index < -0.39 is 27.9 Å². The average Bonchev–Trinajstić information content (AvgIpc) is 2.38. The van der Waals surface area contributed by atoms with E-state index in [1.54, 1.807) is 0 Å². The number of alkyl halides is 3. The molecule has 1 rings (SSSR count). The quantitative estimate of drug-likeness (QED) is 0.373. The van der Waals surface area contributed by atoms with Gasteiger partial charge in [-0.25, -0.2) is 17.5 Å². The number of carbonyl (C=O) groups excluding carboxylic acids is 1. The van der Waals surface area contributed by atoms with Gasteiger partial charge in [-0.2, -0.15) is 13.2 Å². The molecule has 0 atom stereocenters. The summed E-state index contributed by atoms with van der Waals surface area (Å²) in [5.74, 6) is 0. The van der Waals surface area contributed by atoms with Crippen LogP contribution in [0.2, 0.25) is 0 Å². The molecule has 1 aromatic carbocycles. The molecule has 1 amide bonds. The zero-order valence-corrected chi connectivity index (χ0v) is 12.6. The van der Waals surface area contributed by atoms with Crippen molar-refractivity contribution in [2.75, 3.05) is 14.1 Å². The van der Waals surface area contributed by atoms with Crippen molar-refractivity contribution in [1.29, 1.82) is 0 Å². The van der Waals surface area contributed by atoms with Crippen LogP contribution in [0.5, 0.6) is 0 Å². The van der Waals surface area contributed by atoms with Gasteiger partial charge in [0.05, 0.1) is 10.5 Å². The Bertz CT molecular complexity index is 588. The van der Waals surface area contributed by atoms with Crippen molar-refractivity contribution in [3.8, 4) is 0 Å². The lowest BCUT2D eigenvalue weighted by atomic mass is 10.2. The Morgan fingerprint density at radius 2 is 1.76 bits per heavy atom. The van der Waals surface area contributed by atoms with Gasteiger partial charge in [0.15, 0.2) is 0 Å². The minimum atomic E-state index is -4.54. The Kier molecular flexibility index (Phi) is 7.13. The van der Waals surface area contributed by atoms with Crippen LogP contribution in [-0.2, 0) is 16.2 Å². The third-order valence-corrected chi connectivity index (χ3v) is 4.01. The summed E-state index contributed by atoms with van der Waals surface area (Å²) in [7, 11) is -1.31. The summed E-state index contributed by atoms with van der Waals surface area (Å²) in [5.41, 5.74) is -0.976. The molecule has 0 fully saturated rings. The molecule has 0 aromatic heterocycles. The maximum Gasteiger partial charge on any atom is 0.416 e. The number of thiol groups is 1. The standard InChI is InChI=1S/C9H10F3NO2S.CH2FNOS/c1-13(2)16(14,15)8-5-3-4-7(6-8)9(10,11)12;2-1(4)3-5/h3-6H,1-2H3;5H,(H,3,4). The molecule has 0 unspecified atom stereocenters. The van der Waals surface area contributed by atoms with Crippen LogP contribution < -0.4 is 4.72 Å². The first-order valence-corrected chi connectivity index (χ1v) is 7.01. The molecular weight excluding hydrogens is 336 g/mol. The van der Waals surface area contributed by atoms with Crippen LogP contribution in [0, 0.1) is 0 Å². The van der Waals surface area contributed by atoms with E-state index in [9.17, 15) is 26.0 Å². The summed E-state index contributed by atoms with van der Waals surface area (Å²) in [6.07, 6.45) is -6.17. The van der Waals surface area contributed by atoms with Crippen LogP contribution >= 0.6 is 12.8 Å². The molecule has 21 heavy (non-hydrogen) atoms. The summed E-state index contributed by atoms with van der Waals surface area (Å²) in [6.45, 7) is 0. The second-order valence-corrected chi connectivity index (χ2v) is 6.07. The van der Waals surface area contributed by atoms with E-state index in [0.29, 0.717) is 6.07 Å². The lowest BCUT2D eigenvalue weighted by Crippen LogP contribution is -2.22. The zero-order valence-electron chi connectivity index (χ0n) is 10.8. The second kappa shape index (κ2) is 7.61. The number of hydrogen-bond donors (Lipinski definition) is 2. The van der Waals surface area contributed by atoms with Gasteiger partial charge in [-0.05, 0) is 18.2 Å². The Hall–Kier alpha value is -1.33. The molecule has 0 aliphatic carbocycles. The molecule has 0 aliphatic rings.